The summed E-state index contributed by atoms with van der Waals surface area (Å²) in [5, 5.41) is 27.3. The summed E-state index contributed by atoms with van der Waals surface area (Å²) in [4.78, 5) is 49.4. The van der Waals surface area contributed by atoms with Gasteiger partial charge in [-0.2, -0.15) is 75.3 Å². The molecule has 0 atom stereocenters. The van der Waals surface area contributed by atoms with E-state index in [1.807, 2.05) is 0 Å². The monoisotopic (exact) mass is 982 g/mol. The number of amides is 2. The summed E-state index contributed by atoms with van der Waals surface area (Å²) in [6.45, 7) is 2.10. The Morgan fingerprint density at radius 2 is 1.14 bits per heavy atom. The van der Waals surface area contributed by atoms with Crippen molar-refractivity contribution in [2.24, 2.45) is 0 Å². The predicted octanol–water partition coefficient (Wildman–Crippen LogP) is 8.10. The second-order valence-electron chi connectivity index (χ2n) is 15.1. The Kier molecular flexibility index (Phi) is 11.8. The molecule has 360 valence electrons. The lowest BCUT2D eigenvalue weighted by atomic mass is 9.99. The van der Waals surface area contributed by atoms with Crippen molar-refractivity contribution in [2.45, 2.75) is 26.2 Å². The Morgan fingerprint density at radius 1 is 0.620 bits per heavy atom. The predicted molar refractivity (Wildman–Crippen MR) is 237 cm³/mol. The summed E-state index contributed by atoms with van der Waals surface area (Å²) in [5.74, 6) is -7.17. The number of benzene rings is 3. The third kappa shape index (κ3) is 8.50. The number of carbonyl (C=O) groups is 2. The molecule has 3 N–H and O–H groups in total. The maximum absolute atomic E-state index is 15.9. The summed E-state index contributed by atoms with van der Waals surface area (Å²) in [7, 11) is 1.23. The molecule has 71 heavy (non-hydrogen) atoms. The van der Waals surface area contributed by atoms with Gasteiger partial charge < -0.3 is 9.72 Å². The van der Waals surface area contributed by atoms with Gasteiger partial charge in [-0.1, -0.05) is 30.3 Å². The molecule has 9 aromatic rings. The van der Waals surface area contributed by atoms with Crippen LogP contribution in [0.2, 0.25) is 0 Å². The summed E-state index contributed by atoms with van der Waals surface area (Å²) in [5.41, 5.74) is -11.5. The molecule has 6 aromatic heterocycles. The molecule has 0 aliphatic rings. The molecule has 2 amide bonds. The van der Waals surface area contributed by atoms with Crippen LogP contribution in [-0.4, -0.2) is 78.4 Å². The molecule has 0 saturated heterocycles. The van der Waals surface area contributed by atoms with Gasteiger partial charge in [-0.15, -0.1) is 0 Å². The van der Waals surface area contributed by atoms with Crippen LogP contribution in [0.4, 0.5) is 35.1 Å². The molecule has 6 heterocycles. The number of hydrogen-bond donors (Lipinski definition) is 3. The van der Waals surface area contributed by atoms with E-state index in [2.05, 4.69) is 40.6 Å². The number of alkyl halides is 6. The Labute approximate surface area is 391 Å². The van der Waals surface area contributed by atoms with Gasteiger partial charge in [0.2, 0.25) is 17.8 Å². The van der Waals surface area contributed by atoms with Crippen LogP contribution in [0.25, 0.3) is 66.8 Å². The third-order valence-corrected chi connectivity index (χ3v) is 10.9. The van der Waals surface area contributed by atoms with E-state index >= 15 is 35.1 Å². The first kappa shape index (κ1) is 46.7. The zero-order valence-electron chi connectivity index (χ0n) is 36.5. The molecule has 18 nitrogen and oxygen atoms in total. The van der Waals surface area contributed by atoms with Crippen molar-refractivity contribution in [2.75, 3.05) is 7.11 Å². The van der Waals surface area contributed by atoms with E-state index in [1.54, 1.807) is 34.9 Å². The molecule has 0 radical (unpaired) electrons. The Balaban J connectivity index is 1.34. The second-order valence-corrected chi connectivity index (χ2v) is 15.1. The minimum Gasteiger partial charge on any atom is -0.481 e. The van der Waals surface area contributed by atoms with Gasteiger partial charge in [-0.05, 0) is 72.8 Å². The van der Waals surface area contributed by atoms with E-state index in [4.69, 9.17) is 4.74 Å². The number of allylic oxidation sites excluding steroid dienone is 2. The first-order valence-corrected chi connectivity index (χ1v) is 20.5. The number of carbonyl (C=O) groups excluding carboxylic acids is 2. The average molecular weight is 983 g/mol. The van der Waals surface area contributed by atoms with E-state index in [-0.39, 0.29) is 26.0 Å². The smallest absolute Gasteiger partial charge is 0.434 e. The first-order valence-electron chi connectivity index (χ1n) is 20.5. The van der Waals surface area contributed by atoms with E-state index in [1.165, 1.54) is 49.8 Å². The number of hydrogen-bond acceptors (Lipinski definition) is 11. The number of H-pyrrole nitrogens is 1. The van der Waals surface area contributed by atoms with E-state index in [9.17, 15) is 14.4 Å². The standard InChI is InChI=1S/C45H30F8N14O4/c1-22(66-56-18-19-57-66)38(46)60-41(69)32-34(62-64(36(32)44(48,49)50)25-12-10-24(11-13-25)26-6-4-7-29-27(26)14-16-54-40(29)68)35-33(42(70)61-39(47)23(2)67-58-20-21-59-67)37(45(51,52)53)65(63-35)31-9-5-8-30-28(31)15-17-55-43(30)71-3/h4-21H,1-3H3,(H,54,68)(H,60,69)(H,61,70)/b38-22+,39-23+. The van der Waals surface area contributed by atoms with Crippen LogP contribution in [-0.2, 0) is 12.4 Å². The minimum atomic E-state index is -5.65. The SMILES string of the molecule is COc1nccc2c(-n3nc(-c4nn(-c5ccc(-c6cccc7c(=O)[nH]ccc67)cc5)c(C(F)(F)F)c4C(=O)N/C(F)=C(\C)n4nccn4)c(C(=O)N/C(F)=C(\C)n4nccn4)c3C(F)(F)F)cccc12. The van der Waals surface area contributed by atoms with Gasteiger partial charge in [0, 0.05) is 28.6 Å². The molecule has 0 aliphatic carbocycles. The molecule has 0 unspecified atom stereocenters. The van der Waals surface area contributed by atoms with Gasteiger partial charge in [-0.25, -0.2) is 14.3 Å². The maximum atomic E-state index is 15.9. The van der Waals surface area contributed by atoms with Crippen LogP contribution in [0.1, 0.15) is 46.0 Å². The highest BCUT2D eigenvalue weighted by Gasteiger charge is 2.48. The van der Waals surface area contributed by atoms with Crippen molar-refractivity contribution in [3.8, 4) is 39.8 Å². The van der Waals surface area contributed by atoms with E-state index in [0.29, 0.717) is 31.5 Å². The Bertz CT molecular complexity index is 3670. The van der Waals surface area contributed by atoms with E-state index < -0.39 is 98.3 Å². The fourth-order valence-electron chi connectivity index (χ4n) is 7.71. The highest BCUT2D eigenvalue weighted by atomic mass is 19.4. The van der Waals surface area contributed by atoms with Gasteiger partial charge in [0.15, 0.2) is 11.4 Å². The molecule has 0 saturated carbocycles. The van der Waals surface area contributed by atoms with Crippen molar-refractivity contribution < 1.29 is 49.4 Å². The lowest BCUT2D eigenvalue weighted by molar-refractivity contribution is -0.143. The number of nitrogens with one attached hydrogen (secondary N) is 3. The number of pyridine rings is 2. The van der Waals surface area contributed by atoms with Crippen molar-refractivity contribution in [3.05, 3.63) is 155 Å². The van der Waals surface area contributed by atoms with Crippen LogP contribution in [0, 0.1) is 0 Å². The number of nitrogens with zero attached hydrogens (tertiary/aromatic N) is 11. The molecule has 0 fully saturated rings. The molecule has 0 bridgehead atoms. The van der Waals surface area contributed by atoms with Gasteiger partial charge in [0.1, 0.15) is 33.9 Å². The number of rotatable bonds is 11. The van der Waals surface area contributed by atoms with Crippen molar-refractivity contribution in [1.29, 1.82) is 0 Å². The molecule has 9 rings (SSSR count). The molecular weight excluding hydrogens is 953 g/mol. The number of aromatic amines is 1. The molecule has 0 spiro atoms. The van der Waals surface area contributed by atoms with Crippen molar-refractivity contribution >= 4 is 44.8 Å². The second kappa shape index (κ2) is 17.9. The van der Waals surface area contributed by atoms with Crippen LogP contribution in [0.5, 0.6) is 5.88 Å². The van der Waals surface area contributed by atoms with Gasteiger partial charge in [0.25, 0.3) is 17.4 Å². The minimum absolute atomic E-state index is 0.0391. The van der Waals surface area contributed by atoms with Gasteiger partial charge in [0.05, 0.1) is 43.3 Å². The lowest BCUT2D eigenvalue weighted by Crippen LogP contribution is -2.28. The van der Waals surface area contributed by atoms with Gasteiger partial charge in [-0.3, -0.25) is 25.0 Å². The average Bonchev–Trinajstić information content (AvgIpc) is 4.20. The Morgan fingerprint density at radius 3 is 1.69 bits per heavy atom. The zero-order valence-corrected chi connectivity index (χ0v) is 36.5. The molecular formula is C45H30F8N14O4. The van der Waals surface area contributed by atoms with Crippen LogP contribution in [0.3, 0.4) is 0 Å². The first-order chi connectivity index (χ1) is 33.9. The van der Waals surface area contributed by atoms with Gasteiger partial charge >= 0.3 is 12.4 Å². The fourth-order valence-corrected chi connectivity index (χ4v) is 7.71. The quantitative estimate of drug-likeness (QED) is 0.0833. The summed E-state index contributed by atoms with van der Waals surface area (Å²) >= 11 is 0. The fraction of sp³-hybridized carbons (Fsp3) is 0.111. The molecule has 0 aliphatic heterocycles. The summed E-state index contributed by atoms with van der Waals surface area (Å²) < 4.78 is 133. The highest BCUT2D eigenvalue weighted by Crippen LogP contribution is 2.44. The largest absolute Gasteiger partial charge is 0.481 e. The number of aromatic nitrogens is 12. The number of methoxy groups -OCH3 is 1. The highest BCUT2D eigenvalue weighted by molar-refractivity contribution is 6.08. The Hall–Kier alpha value is -9.36. The van der Waals surface area contributed by atoms with Crippen molar-refractivity contribution in [3.63, 3.8) is 0 Å². The molecule has 26 heteroatoms. The normalized spacial score (nSPS) is 12.8. The van der Waals surface area contributed by atoms with E-state index in [0.717, 1.165) is 56.8 Å². The van der Waals surface area contributed by atoms with Crippen LogP contribution < -0.4 is 20.9 Å². The topological polar surface area (TPSA) is 210 Å². The third-order valence-electron chi connectivity index (χ3n) is 10.9. The van der Waals surface area contributed by atoms with Crippen LogP contribution >= 0.6 is 0 Å². The molecule has 3 aromatic carbocycles. The maximum Gasteiger partial charge on any atom is 0.434 e. The summed E-state index contributed by atoms with van der Waals surface area (Å²) in [6.07, 6.45) is -4.21. The number of ether oxygens (including phenoxy) is 1. The number of fused-ring (bicyclic) bond motifs is 2. The lowest BCUT2D eigenvalue weighted by Gasteiger charge is -2.15. The summed E-state index contributed by atoms with van der Waals surface area (Å²) in [6, 6.07) is 16.4. The van der Waals surface area contributed by atoms with Crippen LogP contribution in [0.15, 0.2) is 127 Å². The zero-order chi connectivity index (χ0) is 50.5. The number of halogens is 8. The van der Waals surface area contributed by atoms with Crippen molar-refractivity contribution in [1.82, 2.24) is 70.2 Å².